The van der Waals surface area contributed by atoms with Crippen LogP contribution in [-0.4, -0.2) is 28.4 Å². The Hall–Kier alpha value is -1.57. The molecule has 1 unspecified atom stereocenters. The fourth-order valence-electron chi connectivity index (χ4n) is 1.65. The summed E-state index contributed by atoms with van der Waals surface area (Å²) in [4.78, 5) is 23.7. The Labute approximate surface area is 141 Å². The Morgan fingerprint density at radius 1 is 1.45 bits per heavy atom. The number of nitrogens with zero attached hydrogens (tertiary/aromatic N) is 2. The van der Waals surface area contributed by atoms with Crippen molar-refractivity contribution in [3.05, 3.63) is 28.2 Å². The minimum absolute atomic E-state index is 0.0194. The van der Waals surface area contributed by atoms with Crippen molar-refractivity contribution in [3.8, 4) is 0 Å². The van der Waals surface area contributed by atoms with Gasteiger partial charge in [0.05, 0.1) is 10.0 Å². The normalized spacial score (nSPS) is 19.7. The number of benzene rings is 1. The van der Waals surface area contributed by atoms with E-state index in [0.29, 0.717) is 20.9 Å². The number of carbonyl (C=O) groups excluding carboxylic acids is 2. The number of anilines is 1. The minimum atomic E-state index is -0.534. The van der Waals surface area contributed by atoms with Gasteiger partial charge in [-0.1, -0.05) is 35.0 Å². The number of hydrogen-bond donors (Lipinski definition) is 2. The number of amidine groups is 1. The van der Waals surface area contributed by atoms with E-state index in [9.17, 15) is 9.59 Å². The van der Waals surface area contributed by atoms with E-state index in [1.165, 1.54) is 18.0 Å². The van der Waals surface area contributed by atoms with Gasteiger partial charge in [0.2, 0.25) is 11.8 Å². The van der Waals surface area contributed by atoms with Crippen molar-refractivity contribution >= 4 is 63.8 Å². The average Bonchev–Trinajstić information content (AvgIpc) is 2.81. The van der Waals surface area contributed by atoms with E-state index in [1.54, 1.807) is 25.1 Å². The smallest absolute Gasteiger partial charge is 0.240 e. The van der Waals surface area contributed by atoms with E-state index in [4.69, 9.17) is 23.2 Å². The maximum Gasteiger partial charge on any atom is 0.240 e. The standard InChI is InChI=1S/C13H12Cl2N4O2S/c1-2-16-19-13-18-12(21)10(22-13)6-11(20)17-7-3-4-8(14)9(15)5-7/h2-5,10H,6H2,1H3,(H,17,20)(H,18,19,21)/b16-2+. The van der Waals surface area contributed by atoms with Crippen LogP contribution in [0.5, 0.6) is 0 Å². The van der Waals surface area contributed by atoms with Gasteiger partial charge in [-0.2, -0.15) is 5.10 Å². The summed E-state index contributed by atoms with van der Waals surface area (Å²) in [5.41, 5.74) is 0.521. The molecule has 0 spiro atoms. The molecule has 1 heterocycles. The summed E-state index contributed by atoms with van der Waals surface area (Å²) in [6, 6.07) is 4.77. The molecule has 1 saturated heterocycles. The van der Waals surface area contributed by atoms with Crippen LogP contribution in [0, 0.1) is 0 Å². The van der Waals surface area contributed by atoms with Crippen molar-refractivity contribution < 1.29 is 9.59 Å². The summed E-state index contributed by atoms with van der Waals surface area (Å²) in [5.74, 6) is -0.564. The number of hydrogen-bond acceptors (Lipinski definition) is 5. The SMILES string of the molecule is C/C=N/N=C1\NC(=O)C(CC(=O)Nc2ccc(Cl)c(Cl)c2)S1. The van der Waals surface area contributed by atoms with Gasteiger partial charge in [-0.3, -0.25) is 9.59 Å². The second-order valence-electron chi connectivity index (χ2n) is 4.26. The molecule has 1 aliphatic heterocycles. The number of thioether (sulfide) groups is 1. The van der Waals surface area contributed by atoms with Crippen LogP contribution in [0.1, 0.15) is 13.3 Å². The average molecular weight is 359 g/mol. The zero-order chi connectivity index (χ0) is 16.1. The van der Waals surface area contributed by atoms with Crippen LogP contribution >= 0.6 is 35.0 Å². The predicted molar refractivity (Wildman–Crippen MR) is 90.8 cm³/mol. The summed E-state index contributed by atoms with van der Waals surface area (Å²) < 4.78 is 0. The van der Waals surface area contributed by atoms with E-state index in [2.05, 4.69) is 20.8 Å². The Balaban J connectivity index is 1.94. The van der Waals surface area contributed by atoms with Crippen molar-refractivity contribution in [1.29, 1.82) is 0 Å². The van der Waals surface area contributed by atoms with E-state index in [-0.39, 0.29) is 18.2 Å². The summed E-state index contributed by atoms with van der Waals surface area (Å²) in [6.07, 6.45) is 1.52. The van der Waals surface area contributed by atoms with Crippen LogP contribution in [-0.2, 0) is 9.59 Å². The third-order valence-corrected chi connectivity index (χ3v) is 4.43. The van der Waals surface area contributed by atoms with E-state index in [1.807, 2.05) is 0 Å². The highest BCUT2D eigenvalue weighted by atomic mass is 35.5. The molecule has 1 aromatic rings. The Morgan fingerprint density at radius 2 is 2.23 bits per heavy atom. The first-order valence-electron chi connectivity index (χ1n) is 6.27. The van der Waals surface area contributed by atoms with Crippen molar-refractivity contribution in [2.45, 2.75) is 18.6 Å². The molecule has 0 saturated carbocycles. The molecule has 2 amide bonds. The van der Waals surface area contributed by atoms with Crippen molar-refractivity contribution in [2.75, 3.05) is 5.32 Å². The summed E-state index contributed by atoms with van der Waals surface area (Å²) in [5, 5.41) is 13.3. The molecule has 6 nitrogen and oxygen atoms in total. The van der Waals surface area contributed by atoms with Crippen LogP contribution in [0.4, 0.5) is 5.69 Å². The first-order chi connectivity index (χ1) is 10.5. The lowest BCUT2D eigenvalue weighted by atomic mass is 10.2. The number of nitrogens with one attached hydrogen (secondary N) is 2. The number of carbonyl (C=O) groups is 2. The molecule has 22 heavy (non-hydrogen) atoms. The van der Waals surface area contributed by atoms with Crippen LogP contribution in [0.3, 0.4) is 0 Å². The molecule has 2 rings (SSSR count). The molecular weight excluding hydrogens is 347 g/mol. The van der Waals surface area contributed by atoms with Crippen LogP contribution in [0.15, 0.2) is 28.4 Å². The van der Waals surface area contributed by atoms with Crippen molar-refractivity contribution in [3.63, 3.8) is 0 Å². The second kappa shape index (κ2) is 7.62. The molecule has 1 fully saturated rings. The number of halogens is 2. The molecule has 1 aromatic carbocycles. The highest BCUT2D eigenvalue weighted by molar-refractivity contribution is 8.15. The molecular formula is C13H12Cl2N4O2S. The largest absolute Gasteiger partial charge is 0.326 e. The summed E-state index contributed by atoms with van der Waals surface area (Å²) >= 11 is 12.9. The van der Waals surface area contributed by atoms with E-state index >= 15 is 0 Å². The molecule has 2 N–H and O–H groups in total. The van der Waals surface area contributed by atoms with Gasteiger partial charge in [-0.25, -0.2) is 0 Å². The fraction of sp³-hybridized carbons (Fsp3) is 0.231. The van der Waals surface area contributed by atoms with Gasteiger partial charge in [0.15, 0.2) is 5.17 Å². The third-order valence-electron chi connectivity index (χ3n) is 2.61. The molecule has 0 radical (unpaired) electrons. The maximum atomic E-state index is 12.0. The highest BCUT2D eigenvalue weighted by Crippen LogP contribution is 2.26. The van der Waals surface area contributed by atoms with Gasteiger partial charge in [-0.05, 0) is 25.1 Å². The van der Waals surface area contributed by atoms with Gasteiger partial charge in [0.25, 0.3) is 0 Å². The van der Waals surface area contributed by atoms with Crippen LogP contribution < -0.4 is 10.6 Å². The maximum absolute atomic E-state index is 12.0. The zero-order valence-corrected chi connectivity index (χ0v) is 13.8. The first-order valence-corrected chi connectivity index (χ1v) is 7.91. The number of rotatable bonds is 4. The third kappa shape index (κ3) is 4.46. The zero-order valence-electron chi connectivity index (χ0n) is 11.5. The van der Waals surface area contributed by atoms with Gasteiger partial charge in [0.1, 0.15) is 5.25 Å². The van der Waals surface area contributed by atoms with Crippen LogP contribution in [0.2, 0.25) is 10.0 Å². The Morgan fingerprint density at radius 3 is 2.91 bits per heavy atom. The summed E-state index contributed by atoms with van der Waals surface area (Å²) in [6.45, 7) is 1.72. The highest BCUT2D eigenvalue weighted by Gasteiger charge is 2.32. The quantitative estimate of drug-likeness (QED) is 0.641. The Bertz CT molecular complexity index is 663. The lowest BCUT2D eigenvalue weighted by Gasteiger charge is -2.08. The topological polar surface area (TPSA) is 82.9 Å². The van der Waals surface area contributed by atoms with E-state index < -0.39 is 5.25 Å². The van der Waals surface area contributed by atoms with Crippen molar-refractivity contribution in [2.24, 2.45) is 10.2 Å². The van der Waals surface area contributed by atoms with Gasteiger partial charge in [0, 0.05) is 18.3 Å². The molecule has 1 aliphatic rings. The van der Waals surface area contributed by atoms with Crippen LogP contribution in [0.25, 0.3) is 0 Å². The fourth-order valence-corrected chi connectivity index (χ4v) is 2.87. The van der Waals surface area contributed by atoms with E-state index in [0.717, 1.165) is 0 Å². The van der Waals surface area contributed by atoms with Crippen molar-refractivity contribution in [1.82, 2.24) is 5.32 Å². The molecule has 116 valence electrons. The minimum Gasteiger partial charge on any atom is -0.326 e. The monoisotopic (exact) mass is 358 g/mol. The van der Waals surface area contributed by atoms with Gasteiger partial charge in [-0.15, -0.1) is 5.10 Å². The second-order valence-corrected chi connectivity index (χ2v) is 6.26. The molecule has 0 aromatic heterocycles. The molecule has 0 bridgehead atoms. The number of amides is 2. The predicted octanol–water partition coefficient (Wildman–Crippen LogP) is 2.92. The lowest BCUT2D eigenvalue weighted by molar-refractivity contribution is -0.122. The van der Waals surface area contributed by atoms with Gasteiger partial charge < -0.3 is 10.6 Å². The lowest BCUT2D eigenvalue weighted by Crippen LogP contribution is -2.28. The first kappa shape index (κ1) is 16.8. The Kier molecular flexibility index (Phi) is 5.82. The molecule has 1 atom stereocenters. The van der Waals surface area contributed by atoms with Gasteiger partial charge >= 0.3 is 0 Å². The summed E-state index contributed by atoms with van der Waals surface area (Å²) in [7, 11) is 0. The molecule has 0 aliphatic carbocycles. The molecule has 9 heteroatoms.